The highest BCUT2D eigenvalue weighted by Crippen LogP contribution is 2.40. The molecular formula is C19H28N4O2. The van der Waals surface area contributed by atoms with E-state index in [1.165, 1.54) is 31.3 Å². The van der Waals surface area contributed by atoms with Gasteiger partial charge in [-0.05, 0) is 12.8 Å². The lowest BCUT2D eigenvalue weighted by molar-refractivity contribution is -0.109. The van der Waals surface area contributed by atoms with Gasteiger partial charge in [-0.2, -0.15) is 10.2 Å². The molecule has 0 saturated heterocycles. The number of methoxy groups -OCH3 is 1. The number of carbonyl (C=O) groups is 1. The van der Waals surface area contributed by atoms with Gasteiger partial charge in [0.1, 0.15) is 0 Å². The van der Waals surface area contributed by atoms with Gasteiger partial charge in [-0.15, -0.1) is 0 Å². The molecule has 6 nitrogen and oxygen atoms in total. The molecule has 1 aliphatic carbocycles. The summed E-state index contributed by atoms with van der Waals surface area (Å²) >= 11 is 0. The van der Waals surface area contributed by atoms with Crippen LogP contribution in [0.2, 0.25) is 0 Å². The Morgan fingerprint density at radius 3 is 2.80 bits per heavy atom. The van der Waals surface area contributed by atoms with Crippen molar-refractivity contribution in [3.63, 3.8) is 0 Å². The number of amides is 1. The monoisotopic (exact) mass is 344 g/mol. The molecule has 1 saturated carbocycles. The number of hydrogen-bond acceptors (Lipinski definition) is 5. The van der Waals surface area contributed by atoms with Gasteiger partial charge in [0.25, 0.3) is 0 Å². The van der Waals surface area contributed by atoms with Gasteiger partial charge in [0, 0.05) is 24.0 Å². The number of carbonyl (C=O) groups excluding carboxylic acids is 1. The largest absolute Gasteiger partial charge is 0.480 e. The number of aliphatic imine (C=N–C) groups is 1. The van der Waals surface area contributed by atoms with Crippen molar-refractivity contribution >= 4 is 12.6 Å². The van der Waals surface area contributed by atoms with Gasteiger partial charge in [-0.25, -0.2) is 4.99 Å². The zero-order chi connectivity index (χ0) is 17.6. The molecule has 4 atom stereocenters. The topological polar surface area (TPSA) is 75.4 Å². The summed E-state index contributed by atoms with van der Waals surface area (Å²) in [6.45, 7) is 2.76. The summed E-state index contributed by atoms with van der Waals surface area (Å²) in [7, 11) is 1.58. The number of azo groups is 1. The molecule has 0 aromatic rings. The van der Waals surface area contributed by atoms with Crippen LogP contribution in [0.1, 0.15) is 45.4 Å². The van der Waals surface area contributed by atoms with E-state index in [0.29, 0.717) is 24.8 Å². The first-order valence-electron chi connectivity index (χ1n) is 9.35. The van der Waals surface area contributed by atoms with Crippen LogP contribution in [0, 0.1) is 17.8 Å². The highest BCUT2D eigenvalue weighted by Gasteiger charge is 2.36. The Balaban J connectivity index is 1.89. The fraction of sp³-hybridized carbons (Fsp3) is 0.684. The summed E-state index contributed by atoms with van der Waals surface area (Å²) in [4.78, 5) is 15.5. The molecule has 0 radical (unpaired) electrons. The Labute approximate surface area is 149 Å². The molecule has 2 heterocycles. The number of rotatable bonds is 4. The zero-order valence-electron chi connectivity index (χ0n) is 15.1. The average Bonchev–Trinajstić information content (AvgIpc) is 2.78. The van der Waals surface area contributed by atoms with Crippen molar-refractivity contribution in [1.82, 2.24) is 5.32 Å². The van der Waals surface area contributed by atoms with Gasteiger partial charge in [0.05, 0.1) is 25.4 Å². The first-order valence-corrected chi connectivity index (χ1v) is 9.35. The van der Waals surface area contributed by atoms with Gasteiger partial charge >= 0.3 is 0 Å². The minimum Gasteiger partial charge on any atom is -0.480 e. The summed E-state index contributed by atoms with van der Waals surface area (Å²) in [6.07, 6.45) is 12.3. The molecule has 0 aromatic carbocycles. The van der Waals surface area contributed by atoms with Gasteiger partial charge in [0.2, 0.25) is 12.3 Å². The second-order valence-electron chi connectivity index (χ2n) is 7.09. The van der Waals surface area contributed by atoms with E-state index >= 15 is 0 Å². The molecule has 1 N–H and O–H groups in total. The Hall–Kier alpha value is -1.98. The number of ether oxygens (including phenoxy) is 1. The van der Waals surface area contributed by atoms with E-state index in [9.17, 15) is 4.79 Å². The van der Waals surface area contributed by atoms with Crippen LogP contribution in [0.25, 0.3) is 0 Å². The predicted octanol–water partition coefficient (Wildman–Crippen LogP) is 3.62. The quantitative estimate of drug-likeness (QED) is 0.625. The van der Waals surface area contributed by atoms with Gasteiger partial charge in [-0.1, -0.05) is 44.3 Å². The van der Waals surface area contributed by atoms with Crippen LogP contribution in [0.3, 0.4) is 0 Å². The number of fused-ring (bicyclic) bond motifs is 1. The smallest absolute Gasteiger partial charge is 0.233 e. The number of nitrogens with zero attached hydrogens (tertiary/aromatic N) is 3. The maximum absolute atomic E-state index is 11.0. The maximum Gasteiger partial charge on any atom is 0.233 e. The van der Waals surface area contributed by atoms with Crippen LogP contribution < -0.4 is 5.32 Å². The zero-order valence-corrected chi connectivity index (χ0v) is 15.1. The molecule has 0 aromatic heterocycles. The molecular weight excluding hydrogens is 316 g/mol. The number of hydrogen-bond donors (Lipinski definition) is 1. The van der Waals surface area contributed by atoms with Gasteiger partial charge in [-0.3, -0.25) is 4.79 Å². The van der Waals surface area contributed by atoms with E-state index in [4.69, 9.17) is 4.74 Å². The summed E-state index contributed by atoms with van der Waals surface area (Å²) < 4.78 is 5.33. The van der Waals surface area contributed by atoms with Crippen LogP contribution in [-0.2, 0) is 9.53 Å². The van der Waals surface area contributed by atoms with Gasteiger partial charge in [0.15, 0.2) is 0 Å². The SMILES string of the molecule is COC1=C(NC=O)[C@@H](C)C(C2=CCN=NC3CCCCCCC23)C=N1. The highest BCUT2D eigenvalue weighted by molar-refractivity contribution is 5.70. The van der Waals surface area contributed by atoms with Crippen molar-refractivity contribution in [1.29, 1.82) is 0 Å². The Bertz CT molecular complexity index is 609. The van der Waals surface area contributed by atoms with Crippen molar-refractivity contribution in [2.75, 3.05) is 13.7 Å². The fourth-order valence-corrected chi connectivity index (χ4v) is 4.34. The summed E-state index contributed by atoms with van der Waals surface area (Å²) in [5, 5.41) is 11.8. The lowest BCUT2D eigenvalue weighted by Crippen LogP contribution is -2.34. The third-order valence-electron chi connectivity index (χ3n) is 5.67. The van der Waals surface area contributed by atoms with Crippen molar-refractivity contribution in [3.05, 3.63) is 23.2 Å². The minimum absolute atomic E-state index is 0.105. The summed E-state index contributed by atoms with van der Waals surface area (Å²) in [6, 6.07) is 0.282. The van der Waals surface area contributed by atoms with Crippen molar-refractivity contribution in [2.45, 2.75) is 51.5 Å². The molecule has 1 fully saturated rings. The third-order valence-corrected chi connectivity index (χ3v) is 5.67. The normalized spacial score (nSPS) is 32.8. The van der Waals surface area contributed by atoms with Crippen LogP contribution in [0.5, 0.6) is 0 Å². The summed E-state index contributed by atoms with van der Waals surface area (Å²) in [5.41, 5.74) is 2.14. The fourth-order valence-electron chi connectivity index (χ4n) is 4.34. The Kier molecular flexibility index (Phi) is 6.00. The second kappa shape index (κ2) is 8.41. The van der Waals surface area contributed by atoms with Crippen LogP contribution >= 0.6 is 0 Å². The molecule has 6 heteroatoms. The van der Waals surface area contributed by atoms with Crippen molar-refractivity contribution in [2.24, 2.45) is 33.0 Å². The van der Waals surface area contributed by atoms with E-state index in [-0.39, 0.29) is 17.9 Å². The number of nitrogens with one attached hydrogen (secondary N) is 1. The Morgan fingerprint density at radius 1 is 1.24 bits per heavy atom. The number of allylic oxidation sites excluding steroid dienone is 1. The minimum atomic E-state index is 0.105. The molecule has 0 bridgehead atoms. The first-order chi connectivity index (χ1) is 12.3. The molecule has 2 aliphatic heterocycles. The van der Waals surface area contributed by atoms with Crippen LogP contribution in [0.4, 0.5) is 0 Å². The predicted molar refractivity (Wildman–Crippen MR) is 97.2 cm³/mol. The molecule has 136 valence electrons. The van der Waals surface area contributed by atoms with Gasteiger partial charge < -0.3 is 10.1 Å². The molecule has 0 spiro atoms. The molecule has 3 unspecified atom stereocenters. The van der Waals surface area contributed by atoms with E-state index in [1.54, 1.807) is 7.11 Å². The molecule has 3 aliphatic rings. The second-order valence-corrected chi connectivity index (χ2v) is 7.09. The average molecular weight is 344 g/mol. The van der Waals surface area contributed by atoms with Crippen molar-refractivity contribution in [3.8, 4) is 0 Å². The highest BCUT2D eigenvalue weighted by atomic mass is 16.5. The first kappa shape index (κ1) is 17.8. The van der Waals surface area contributed by atoms with E-state index in [2.05, 4.69) is 33.5 Å². The lowest BCUT2D eigenvalue weighted by atomic mass is 9.73. The maximum atomic E-state index is 11.0. The molecule has 25 heavy (non-hydrogen) atoms. The van der Waals surface area contributed by atoms with E-state index < -0.39 is 0 Å². The lowest BCUT2D eigenvalue weighted by Gasteiger charge is -2.35. The van der Waals surface area contributed by atoms with Crippen LogP contribution in [-0.4, -0.2) is 32.3 Å². The van der Waals surface area contributed by atoms with Crippen molar-refractivity contribution < 1.29 is 9.53 Å². The van der Waals surface area contributed by atoms with E-state index in [0.717, 1.165) is 18.5 Å². The van der Waals surface area contributed by atoms with Crippen LogP contribution in [0.15, 0.2) is 38.5 Å². The molecule has 3 rings (SSSR count). The standard InChI is InChI=1S/C19H28N4O2/c1-13-16(11-20-19(25-2)18(13)21-12-24)14-9-10-22-23-17-8-6-4-3-5-7-15(14)17/h9,11-13,15-17H,3-8,10H2,1-2H3,(H,21,24)/t13-,15?,16?,17?/m0/s1. The molecule has 1 amide bonds. The summed E-state index contributed by atoms with van der Waals surface area (Å²) in [5.74, 6) is 1.17. The Morgan fingerprint density at radius 2 is 2.04 bits per heavy atom. The van der Waals surface area contributed by atoms with E-state index in [1.807, 2.05) is 6.21 Å². The third kappa shape index (κ3) is 3.83.